The minimum absolute atomic E-state index is 0.188. The van der Waals surface area contributed by atoms with Crippen molar-refractivity contribution >= 4 is 5.91 Å². The molecule has 0 spiro atoms. The number of rotatable bonds is 3. The van der Waals surface area contributed by atoms with E-state index in [4.69, 9.17) is 10.8 Å². The number of terminal acetylenes is 1. The lowest BCUT2D eigenvalue weighted by atomic mass is 10.2. The van der Waals surface area contributed by atoms with Crippen LogP contribution in [-0.2, 0) is 0 Å². The summed E-state index contributed by atoms with van der Waals surface area (Å²) in [6, 6.07) is 1.47. The van der Waals surface area contributed by atoms with E-state index >= 15 is 0 Å². The summed E-state index contributed by atoms with van der Waals surface area (Å²) >= 11 is 0. The van der Waals surface area contributed by atoms with Crippen LogP contribution >= 0.6 is 0 Å². The summed E-state index contributed by atoms with van der Waals surface area (Å²) in [6.07, 6.45) is 7.37. The molecule has 0 bridgehead atoms. The molecule has 0 aromatic carbocycles. The molecule has 3 heteroatoms. The summed E-state index contributed by atoms with van der Waals surface area (Å²) in [5, 5.41) is 2.71. The van der Waals surface area contributed by atoms with Gasteiger partial charge < -0.3 is 9.73 Å². The van der Waals surface area contributed by atoms with Crippen LogP contribution in [0.4, 0.5) is 0 Å². The predicted octanol–water partition coefficient (Wildman–Crippen LogP) is 1.73. The van der Waals surface area contributed by atoms with Crippen LogP contribution in [0.5, 0.6) is 0 Å². The average Bonchev–Trinajstić information content (AvgIpc) is 2.61. The maximum atomic E-state index is 11.5. The van der Waals surface area contributed by atoms with Crippen molar-refractivity contribution in [1.29, 1.82) is 0 Å². The van der Waals surface area contributed by atoms with E-state index in [1.54, 1.807) is 13.0 Å². The second-order valence-corrected chi connectivity index (χ2v) is 3.05. The molecule has 1 aromatic heterocycles. The van der Waals surface area contributed by atoms with E-state index in [2.05, 4.69) is 11.2 Å². The Hall–Kier alpha value is -1.69. The van der Waals surface area contributed by atoms with Crippen LogP contribution in [0.1, 0.15) is 29.5 Å². The number of hydrogen-bond acceptors (Lipinski definition) is 2. The van der Waals surface area contributed by atoms with Gasteiger partial charge >= 0.3 is 0 Å². The molecule has 14 heavy (non-hydrogen) atoms. The van der Waals surface area contributed by atoms with Crippen LogP contribution in [0.25, 0.3) is 0 Å². The van der Waals surface area contributed by atoms with Gasteiger partial charge in [0.15, 0.2) is 0 Å². The number of carbonyl (C=O) groups is 1. The molecule has 1 atom stereocenters. The first-order valence-electron chi connectivity index (χ1n) is 4.49. The fourth-order valence-corrected chi connectivity index (χ4v) is 1.07. The molecular formula is C11H13NO2. The average molecular weight is 191 g/mol. The zero-order valence-electron chi connectivity index (χ0n) is 8.33. The lowest BCUT2D eigenvalue weighted by Crippen LogP contribution is -2.32. The van der Waals surface area contributed by atoms with Gasteiger partial charge in [-0.15, -0.1) is 6.42 Å². The second kappa shape index (κ2) is 4.52. The van der Waals surface area contributed by atoms with Crippen molar-refractivity contribution < 1.29 is 9.21 Å². The van der Waals surface area contributed by atoms with E-state index in [-0.39, 0.29) is 11.9 Å². The highest BCUT2D eigenvalue weighted by atomic mass is 16.3. The minimum atomic E-state index is -0.210. The first-order valence-corrected chi connectivity index (χ1v) is 4.49. The van der Waals surface area contributed by atoms with Gasteiger partial charge in [-0.25, -0.2) is 0 Å². The van der Waals surface area contributed by atoms with Crippen LogP contribution < -0.4 is 5.32 Å². The first kappa shape index (κ1) is 10.4. The Kier molecular flexibility index (Phi) is 3.35. The molecule has 74 valence electrons. The molecule has 0 aliphatic rings. The molecule has 0 aliphatic carbocycles. The van der Waals surface area contributed by atoms with Crippen molar-refractivity contribution in [2.75, 3.05) is 0 Å². The third-order valence-electron chi connectivity index (χ3n) is 1.91. The normalized spacial score (nSPS) is 11.8. The minimum Gasteiger partial charge on any atom is -0.469 e. The summed E-state index contributed by atoms with van der Waals surface area (Å²) in [6.45, 7) is 3.71. The number of amides is 1. The van der Waals surface area contributed by atoms with Gasteiger partial charge in [-0.05, 0) is 19.4 Å². The van der Waals surface area contributed by atoms with Crippen molar-refractivity contribution in [3.63, 3.8) is 0 Å². The molecule has 0 saturated carbocycles. The topological polar surface area (TPSA) is 42.2 Å². The standard InChI is InChI=1S/C11H13NO2/c1-4-10(5-2)12-11(13)9-6-8(3)14-7-9/h1,6-7,10H,5H2,2-3H3,(H,12,13). The van der Waals surface area contributed by atoms with E-state index in [1.807, 2.05) is 6.92 Å². The van der Waals surface area contributed by atoms with Crippen LogP contribution in [-0.4, -0.2) is 11.9 Å². The van der Waals surface area contributed by atoms with Gasteiger partial charge in [-0.3, -0.25) is 4.79 Å². The van der Waals surface area contributed by atoms with Crippen molar-refractivity contribution in [3.8, 4) is 12.3 Å². The monoisotopic (exact) mass is 191 g/mol. The Balaban J connectivity index is 2.64. The van der Waals surface area contributed by atoms with Crippen LogP contribution in [0.15, 0.2) is 16.7 Å². The molecule has 3 nitrogen and oxygen atoms in total. The van der Waals surface area contributed by atoms with E-state index < -0.39 is 0 Å². The number of furan rings is 1. The Labute approximate surface area is 83.5 Å². The highest BCUT2D eigenvalue weighted by molar-refractivity contribution is 5.94. The Morgan fingerprint density at radius 3 is 2.93 bits per heavy atom. The smallest absolute Gasteiger partial charge is 0.255 e. The summed E-state index contributed by atoms with van der Waals surface area (Å²) in [5.74, 6) is 3.02. The van der Waals surface area contributed by atoms with Gasteiger partial charge in [0.25, 0.3) is 5.91 Å². The van der Waals surface area contributed by atoms with Crippen molar-refractivity contribution in [1.82, 2.24) is 5.32 Å². The summed E-state index contributed by atoms with van der Waals surface area (Å²) in [4.78, 5) is 11.5. The predicted molar refractivity (Wildman–Crippen MR) is 53.8 cm³/mol. The van der Waals surface area contributed by atoms with Gasteiger partial charge in [-0.1, -0.05) is 12.8 Å². The molecule has 1 rings (SSSR count). The molecular weight excluding hydrogens is 178 g/mol. The molecule has 0 radical (unpaired) electrons. The summed E-state index contributed by atoms with van der Waals surface area (Å²) in [5.41, 5.74) is 0.510. The van der Waals surface area contributed by atoms with E-state index in [1.165, 1.54) is 6.26 Å². The molecule has 1 aromatic rings. The number of nitrogens with one attached hydrogen (secondary N) is 1. The lowest BCUT2D eigenvalue weighted by molar-refractivity contribution is 0.0944. The molecule has 1 N–H and O–H groups in total. The molecule has 1 heterocycles. The van der Waals surface area contributed by atoms with Gasteiger partial charge in [0, 0.05) is 0 Å². The van der Waals surface area contributed by atoms with Gasteiger partial charge in [0.1, 0.15) is 12.0 Å². The van der Waals surface area contributed by atoms with Crippen molar-refractivity contribution in [2.45, 2.75) is 26.3 Å². The molecule has 1 unspecified atom stereocenters. The fourth-order valence-electron chi connectivity index (χ4n) is 1.07. The molecule has 1 amide bonds. The highest BCUT2D eigenvalue weighted by Gasteiger charge is 2.11. The summed E-state index contributed by atoms with van der Waals surface area (Å²) in [7, 11) is 0. The largest absolute Gasteiger partial charge is 0.469 e. The van der Waals surface area contributed by atoms with Gasteiger partial charge in [-0.2, -0.15) is 0 Å². The molecule has 0 aliphatic heterocycles. The molecule has 0 saturated heterocycles. The lowest BCUT2D eigenvalue weighted by Gasteiger charge is -2.08. The maximum Gasteiger partial charge on any atom is 0.255 e. The number of carbonyl (C=O) groups excluding carboxylic acids is 1. The highest BCUT2D eigenvalue weighted by Crippen LogP contribution is 2.06. The van der Waals surface area contributed by atoms with Crippen LogP contribution in [0.2, 0.25) is 0 Å². The quantitative estimate of drug-likeness (QED) is 0.739. The van der Waals surface area contributed by atoms with Crippen LogP contribution in [0, 0.1) is 19.3 Å². The van der Waals surface area contributed by atoms with E-state index in [9.17, 15) is 4.79 Å². The Morgan fingerprint density at radius 2 is 2.50 bits per heavy atom. The maximum absolute atomic E-state index is 11.5. The van der Waals surface area contributed by atoms with Gasteiger partial charge in [0.2, 0.25) is 0 Å². The Morgan fingerprint density at radius 1 is 1.79 bits per heavy atom. The van der Waals surface area contributed by atoms with E-state index in [0.717, 1.165) is 6.42 Å². The Bertz CT molecular complexity index is 360. The molecule has 0 fully saturated rings. The van der Waals surface area contributed by atoms with E-state index in [0.29, 0.717) is 11.3 Å². The van der Waals surface area contributed by atoms with Crippen molar-refractivity contribution in [2.24, 2.45) is 0 Å². The zero-order chi connectivity index (χ0) is 10.6. The number of aryl methyl sites for hydroxylation is 1. The van der Waals surface area contributed by atoms with Crippen molar-refractivity contribution in [3.05, 3.63) is 23.7 Å². The second-order valence-electron chi connectivity index (χ2n) is 3.05. The first-order chi connectivity index (χ1) is 6.67. The third-order valence-corrected chi connectivity index (χ3v) is 1.91. The summed E-state index contributed by atoms with van der Waals surface area (Å²) < 4.78 is 5.02. The SMILES string of the molecule is C#CC(CC)NC(=O)c1coc(C)c1. The van der Waals surface area contributed by atoms with Gasteiger partial charge in [0.05, 0.1) is 11.6 Å². The zero-order valence-corrected chi connectivity index (χ0v) is 8.33. The fraction of sp³-hybridized carbons (Fsp3) is 0.364. The third kappa shape index (κ3) is 2.40. The van der Waals surface area contributed by atoms with Crippen LogP contribution in [0.3, 0.4) is 0 Å². The number of hydrogen-bond donors (Lipinski definition) is 1.